The van der Waals surface area contributed by atoms with Gasteiger partial charge >= 0.3 is 0 Å². The van der Waals surface area contributed by atoms with E-state index in [1.165, 1.54) is 11.1 Å². The maximum absolute atomic E-state index is 12.7. The van der Waals surface area contributed by atoms with Gasteiger partial charge < -0.3 is 10.1 Å². The first-order chi connectivity index (χ1) is 16.6. The van der Waals surface area contributed by atoms with Crippen molar-refractivity contribution in [2.75, 3.05) is 17.7 Å². The summed E-state index contributed by atoms with van der Waals surface area (Å²) < 4.78 is 7.06. The van der Waals surface area contributed by atoms with Gasteiger partial charge in [-0.25, -0.2) is 4.68 Å². The van der Waals surface area contributed by atoms with Crippen LogP contribution in [0.3, 0.4) is 0 Å². The summed E-state index contributed by atoms with van der Waals surface area (Å²) >= 11 is 0. The standard InChI is InChI=1S/C27H27N5O2/c1-18-8-12-21(13-9-18)24-17-23(20-6-4-3-5-7-20)28-27-30-26(31-32(24)27)29-25(33)16-19-10-14-22(34-2)15-11-19/h3-15,23-24H,16-17H2,1-2H3,(H2,28,29,30,31,33)/t23-,24+/m0/s1. The van der Waals surface area contributed by atoms with Crippen LogP contribution in [0, 0.1) is 6.92 Å². The van der Waals surface area contributed by atoms with E-state index in [9.17, 15) is 4.79 Å². The Morgan fingerprint density at radius 1 is 1.03 bits per heavy atom. The number of nitrogens with zero attached hydrogens (tertiary/aromatic N) is 3. The van der Waals surface area contributed by atoms with Crippen LogP contribution in [0.5, 0.6) is 5.75 Å². The number of hydrogen-bond donors (Lipinski definition) is 2. The van der Waals surface area contributed by atoms with Crippen molar-refractivity contribution in [3.8, 4) is 5.75 Å². The fourth-order valence-electron chi connectivity index (χ4n) is 4.30. The van der Waals surface area contributed by atoms with Gasteiger partial charge in [-0.2, -0.15) is 4.98 Å². The Morgan fingerprint density at radius 3 is 2.47 bits per heavy atom. The maximum Gasteiger partial charge on any atom is 0.250 e. The number of carbonyl (C=O) groups excluding carboxylic acids is 1. The number of aryl methyl sites for hydroxylation is 1. The van der Waals surface area contributed by atoms with E-state index in [-0.39, 0.29) is 24.4 Å². The van der Waals surface area contributed by atoms with Crippen molar-refractivity contribution in [3.05, 3.63) is 101 Å². The van der Waals surface area contributed by atoms with Gasteiger partial charge in [0.15, 0.2) is 0 Å². The smallest absolute Gasteiger partial charge is 0.250 e. The molecule has 0 saturated heterocycles. The number of hydrogen-bond acceptors (Lipinski definition) is 5. The maximum atomic E-state index is 12.7. The summed E-state index contributed by atoms with van der Waals surface area (Å²) in [6.45, 7) is 2.08. The number of anilines is 2. The number of fused-ring (bicyclic) bond motifs is 1. The molecule has 0 spiro atoms. The van der Waals surface area contributed by atoms with Gasteiger partial charge in [0.1, 0.15) is 5.75 Å². The van der Waals surface area contributed by atoms with Gasteiger partial charge in [0.2, 0.25) is 11.9 Å². The molecule has 172 valence electrons. The minimum Gasteiger partial charge on any atom is -0.497 e. The number of rotatable bonds is 6. The van der Waals surface area contributed by atoms with E-state index in [1.807, 2.05) is 47.1 Å². The summed E-state index contributed by atoms with van der Waals surface area (Å²) in [5.74, 6) is 1.53. The van der Waals surface area contributed by atoms with Crippen molar-refractivity contribution in [3.63, 3.8) is 0 Å². The third kappa shape index (κ3) is 4.64. The number of methoxy groups -OCH3 is 1. The Kier molecular flexibility index (Phi) is 5.99. The number of aromatic nitrogens is 3. The molecule has 1 aliphatic rings. The van der Waals surface area contributed by atoms with Crippen molar-refractivity contribution >= 4 is 17.8 Å². The van der Waals surface area contributed by atoms with Gasteiger partial charge in [0, 0.05) is 0 Å². The van der Waals surface area contributed by atoms with Gasteiger partial charge in [-0.05, 0) is 42.2 Å². The van der Waals surface area contributed by atoms with Gasteiger partial charge in [0.25, 0.3) is 5.95 Å². The van der Waals surface area contributed by atoms with Crippen molar-refractivity contribution in [2.45, 2.75) is 31.8 Å². The minimum atomic E-state index is -0.167. The Labute approximate surface area is 198 Å². The molecule has 7 heteroatoms. The summed E-state index contributed by atoms with van der Waals surface area (Å²) in [6, 6.07) is 26.4. The fraction of sp³-hybridized carbons (Fsp3) is 0.222. The molecule has 0 saturated carbocycles. The molecule has 0 aliphatic carbocycles. The molecule has 3 aromatic carbocycles. The highest BCUT2D eigenvalue weighted by molar-refractivity contribution is 5.90. The van der Waals surface area contributed by atoms with Crippen LogP contribution >= 0.6 is 0 Å². The lowest BCUT2D eigenvalue weighted by Gasteiger charge is -2.31. The SMILES string of the molecule is COc1ccc(CC(=O)Nc2nc3n(n2)[C@@H](c2ccc(C)cc2)C[C@@H](c2ccccc2)N3)cc1. The lowest BCUT2D eigenvalue weighted by Crippen LogP contribution is -2.28. The van der Waals surface area contributed by atoms with Crippen molar-refractivity contribution < 1.29 is 9.53 Å². The fourth-order valence-corrected chi connectivity index (χ4v) is 4.30. The van der Waals surface area contributed by atoms with Crippen LogP contribution < -0.4 is 15.4 Å². The quantitative estimate of drug-likeness (QED) is 0.433. The molecule has 0 fully saturated rings. The number of amides is 1. The molecule has 2 N–H and O–H groups in total. The average Bonchev–Trinajstić information content (AvgIpc) is 3.27. The average molecular weight is 454 g/mol. The molecule has 1 aromatic heterocycles. The predicted octanol–water partition coefficient (Wildman–Crippen LogP) is 4.92. The van der Waals surface area contributed by atoms with E-state index >= 15 is 0 Å². The summed E-state index contributed by atoms with van der Waals surface area (Å²) in [5.41, 5.74) is 4.46. The van der Waals surface area contributed by atoms with Crippen molar-refractivity contribution in [2.24, 2.45) is 0 Å². The monoisotopic (exact) mass is 453 g/mol. The van der Waals surface area contributed by atoms with Crippen LogP contribution in [-0.2, 0) is 11.2 Å². The predicted molar refractivity (Wildman–Crippen MR) is 132 cm³/mol. The van der Waals surface area contributed by atoms with Crippen molar-refractivity contribution in [1.29, 1.82) is 0 Å². The molecule has 2 atom stereocenters. The zero-order chi connectivity index (χ0) is 23.5. The number of ether oxygens (including phenoxy) is 1. The summed E-state index contributed by atoms with van der Waals surface area (Å²) in [4.78, 5) is 17.3. The second-order valence-corrected chi connectivity index (χ2v) is 8.55. The lowest BCUT2D eigenvalue weighted by atomic mass is 9.93. The summed E-state index contributed by atoms with van der Waals surface area (Å²) in [5, 5.41) is 11.0. The topological polar surface area (TPSA) is 81.1 Å². The molecule has 0 radical (unpaired) electrons. The van der Waals surface area contributed by atoms with Gasteiger partial charge in [0.05, 0.1) is 25.6 Å². The van der Waals surface area contributed by atoms with Gasteiger partial charge in [-0.1, -0.05) is 72.3 Å². The second kappa shape index (κ2) is 9.39. The molecule has 4 aromatic rings. The second-order valence-electron chi connectivity index (χ2n) is 8.55. The zero-order valence-electron chi connectivity index (χ0n) is 19.2. The first-order valence-corrected chi connectivity index (χ1v) is 11.4. The van der Waals surface area contributed by atoms with Crippen LogP contribution in [0.1, 0.15) is 40.8 Å². The van der Waals surface area contributed by atoms with E-state index in [0.29, 0.717) is 11.9 Å². The highest BCUT2D eigenvalue weighted by Crippen LogP contribution is 2.38. The first-order valence-electron chi connectivity index (χ1n) is 11.4. The van der Waals surface area contributed by atoms with E-state index in [0.717, 1.165) is 23.3 Å². The highest BCUT2D eigenvalue weighted by atomic mass is 16.5. The molecule has 1 amide bonds. The molecule has 0 unspecified atom stereocenters. The third-order valence-corrected chi connectivity index (χ3v) is 6.13. The van der Waals surface area contributed by atoms with E-state index in [2.05, 4.69) is 64.0 Å². The number of benzene rings is 3. The highest BCUT2D eigenvalue weighted by Gasteiger charge is 2.31. The van der Waals surface area contributed by atoms with Crippen molar-refractivity contribution in [1.82, 2.24) is 14.8 Å². The normalized spacial score (nSPS) is 16.9. The van der Waals surface area contributed by atoms with E-state index < -0.39 is 0 Å². The van der Waals surface area contributed by atoms with Crippen LogP contribution in [0.15, 0.2) is 78.9 Å². The molecular weight excluding hydrogens is 426 g/mol. The number of nitrogens with one attached hydrogen (secondary N) is 2. The summed E-state index contributed by atoms with van der Waals surface area (Å²) in [6.07, 6.45) is 1.05. The number of carbonyl (C=O) groups is 1. The van der Waals surface area contributed by atoms with Gasteiger partial charge in [-0.15, -0.1) is 5.10 Å². The van der Waals surface area contributed by atoms with Crippen LogP contribution in [0.2, 0.25) is 0 Å². The Hall–Kier alpha value is -4.13. The van der Waals surface area contributed by atoms with E-state index in [1.54, 1.807) is 7.11 Å². The molecular formula is C27H27N5O2. The Balaban J connectivity index is 1.39. The van der Waals surface area contributed by atoms with Gasteiger partial charge in [-0.3, -0.25) is 10.1 Å². The molecule has 0 bridgehead atoms. The largest absolute Gasteiger partial charge is 0.497 e. The lowest BCUT2D eigenvalue weighted by molar-refractivity contribution is -0.115. The first kappa shape index (κ1) is 21.7. The molecule has 1 aliphatic heterocycles. The third-order valence-electron chi connectivity index (χ3n) is 6.13. The Bertz CT molecular complexity index is 1270. The van der Waals surface area contributed by atoms with Crippen LogP contribution in [0.25, 0.3) is 0 Å². The minimum absolute atomic E-state index is 0.00166. The van der Waals surface area contributed by atoms with Crippen LogP contribution in [-0.4, -0.2) is 27.8 Å². The molecule has 5 rings (SSSR count). The molecule has 2 heterocycles. The van der Waals surface area contributed by atoms with Crippen LogP contribution in [0.4, 0.5) is 11.9 Å². The molecule has 7 nitrogen and oxygen atoms in total. The van der Waals surface area contributed by atoms with E-state index in [4.69, 9.17) is 4.74 Å². The molecule has 34 heavy (non-hydrogen) atoms. The summed E-state index contributed by atoms with van der Waals surface area (Å²) in [7, 11) is 1.62. The zero-order valence-corrected chi connectivity index (χ0v) is 19.2. The Morgan fingerprint density at radius 2 is 1.76 bits per heavy atom.